The lowest BCUT2D eigenvalue weighted by molar-refractivity contribution is -0.199. The van der Waals surface area contributed by atoms with Crippen molar-refractivity contribution >= 4 is 59.8 Å². The fourth-order valence-corrected chi connectivity index (χ4v) is 5.99. The molecule has 0 bridgehead atoms. The SMILES string of the molecule is CSCC[C@H](NC=O)C(=O)N[C@@H](CC(C)C)C(=O)N[C@@H](Cc1ccccc1)C(=O)NCCC[C@H](NC(=O)OCc1ccccc1)C(=O)ON1C(=O)CCC1=O. The Bertz CT molecular complexity index is 1600. The Kier molecular flexibility index (Phi) is 18.7. The smallest absolute Gasteiger partial charge is 0.408 e. The van der Waals surface area contributed by atoms with Crippen LogP contribution in [0.4, 0.5) is 4.79 Å². The van der Waals surface area contributed by atoms with Crippen molar-refractivity contribution in [1.82, 2.24) is 31.6 Å². The zero-order valence-corrected chi connectivity index (χ0v) is 32.1. The van der Waals surface area contributed by atoms with Crippen molar-refractivity contribution in [2.45, 2.75) is 89.6 Å². The average molecular weight is 783 g/mol. The molecule has 0 aromatic heterocycles. The highest BCUT2D eigenvalue weighted by Crippen LogP contribution is 2.14. The van der Waals surface area contributed by atoms with Crippen LogP contribution in [-0.2, 0) is 56.2 Å². The first-order chi connectivity index (χ1) is 26.4. The van der Waals surface area contributed by atoms with E-state index in [9.17, 15) is 38.4 Å². The maximum absolute atomic E-state index is 13.7. The number of amides is 7. The molecule has 5 N–H and O–H groups in total. The first kappa shape index (κ1) is 44.0. The Hall–Kier alpha value is -5.45. The van der Waals surface area contributed by atoms with Crippen LogP contribution < -0.4 is 26.6 Å². The van der Waals surface area contributed by atoms with Gasteiger partial charge in [0.25, 0.3) is 11.8 Å². The first-order valence-electron chi connectivity index (χ1n) is 18.1. The maximum Gasteiger partial charge on any atom is 0.408 e. The van der Waals surface area contributed by atoms with Gasteiger partial charge in [-0.25, -0.2) is 9.59 Å². The summed E-state index contributed by atoms with van der Waals surface area (Å²) in [6, 6.07) is 13.6. The van der Waals surface area contributed by atoms with Gasteiger partial charge in [0.05, 0.1) is 0 Å². The summed E-state index contributed by atoms with van der Waals surface area (Å²) in [6.45, 7) is 3.68. The third kappa shape index (κ3) is 15.4. The van der Waals surface area contributed by atoms with E-state index in [2.05, 4.69) is 26.6 Å². The molecule has 2 aromatic carbocycles. The van der Waals surface area contributed by atoms with Crippen LogP contribution in [0.3, 0.4) is 0 Å². The summed E-state index contributed by atoms with van der Waals surface area (Å²) in [5.74, 6) is -3.50. The van der Waals surface area contributed by atoms with E-state index in [1.54, 1.807) is 54.6 Å². The van der Waals surface area contributed by atoms with Gasteiger partial charge in [0.1, 0.15) is 30.8 Å². The minimum absolute atomic E-state index is 0.00721. The number of carbonyl (C=O) groups excluding carboxylic acids is 8. The predicted octanol–water partition coefficient (Wildman–Crippen LogP) is 1.91. The standard InChI is InChI=1S/C38H50N6O10S/c1-25(2)21-30(41-35(49)28(40-24-45)18-20-55-3)36(50)42-31(22-26-11-6-4-7-12-26)34(48)39-19-10-15-29(37(51)54-44-32(46)16-17-33(44)47)43-38(52)53-23-27-13-8-5-9-14-27/h4-9,11-14,24-25,28-31H,10,15-23H2,1-3H3,(H,39,48)(H,40,45)(H,41,49)(H,42,50)(H,43,52)/t28-,29-,30-,31-/m0/s1. The van der Waals surface area contributed by atoms with Gasteiger partial charge >= 0.3 is 12.1 Å². The van der Waals surface area contributed by atoms with Gasteiger partial charge in [-0.2, -0.15) is 11.8 Å². The van der Waals surface area contributed by atoms with E-state index in [0.29, 0.717) is 29.2 Å². The number of benzene rings is 2. The number of hydroxylamine groups is 2. The summed E-state index contributed by atoms with van der Waals surface area (Å²) in [5.41, 5.74) is 1.46. The lowest BCUT2D eigenvalue weighted by Crippen LogP contribution is -2.57. The summed E-state index contributed by atoms with van der Waals surface area (Å²) >= 11 is 1.51. The van der Waals surface area contributed by atoms with Crippen LogP contribution in [0.1, 0.15) is 63.5 Å². The highest BCUT2D eigenvalue weighted by Gasteiger charge is 2.36. The topological polar surface area (TPSA) is 218 Å². The number of hydrogen-bond acceptors (Lipinski definition) is 11. The third-order valence-corrected chi connectivity index (χ3v) is 9.04. The van der Waals surface area contributed by atoms with Crippen LogP contribution in [0, 0.1) is 5.92 Å². The number of nitrogens with zero attached hydrogens (tertiary/aromatic N) is 1. The molecule has 298 valence electrons. The van der Waals surface area contributed by atoms with Gasteiger partial charge < -0.3 is 36.2 Å². The molecule has 1 fully saturated rings. The van der Waals surface area contributed by atoms with Gasteiger partial charge in [-0.3, -0.25) is 28.8 Å². The van der Waals surface area contributed by atoms with E-state index in [0.717, 1.165) is 5.56 Å². The van der Waals surface area contributed by atoms with E-state index in [1.807, 2.05) is 26.2 Å². The Morgan fingerprint density at radius 2 is 1.38 bits per heavy atom. The Labute approximate surface area is 324 Å². The molecule has 16 nitrogen and oxygen atoms in total. The van der Waals surface area contributed by atoms with Gasteiger partial charge in [0.15, 0.2) is 0 Å². The van der Waals surface area contributed by atoms with E-state index < -0.39 is 65.8 Å². The predicted molar refractivity (Wildman–Crippen MR) is 202 cm³/mol. The number of carbonyl (C=O) groups is 8. The van der Waals surface area contributed by atoms with E-state index in [1.165, 1.54) is 11.8 Å². The minimum atomic E-state index is -1.35. The van der Waals surface area contributed by atoms with E-state index in [-0.39, 0.29) is 57.6 Å². The van der Waals surface area contributed by atoms with Crippen LogP contribution in [-0.4, -0.2) is 95.8 Å². The second kappa shape index (κ2) is 23.4. The maximum atomic E-state index is 13.7. The molecule has 4 atom stereocenters. The van der Waals surface area contributed by atoms with Crippen molar-refractivity contribution in [2.75, 3.05) is 18.6 Å². The summed E-state index contributed by atoms with van der Waals surface area (Å²) in [6.07, 6.45) is 1.92. The molecule has 7 amide bonds. The van der Waals surface area contributed by atoms with Gasteiger partial charge in [-0.05, 0) is 54.7 Å². The molecule has 17 heteroatoms. The Morgan fingerprint density at radius 1 is 0.782 bits per heavy atom. The molecule has 55 heavy (non-hydrogen) atoms. The number of hydrogen-bond donors (Lipinski definition) is 5. The quantitative estimate of drug-likeness (QED) is 0.0623. The molecule has 0 radical (unpaired) electrons. The van der Waals surface area contributed by atoms with Crippen molar-refractivity contribution in [3.63, 3.8) is 0 Å². The number of nitrogens with one attached hydrogen (secondary N) is 5. The average Bonchev–Trinajstić information content (AvgIpc) is 3.48. The largest absolute Gasteiger partial charge is 0.445 e. The Morgan fingerprint density at radius 3 is 1.98 bits per heavy atom. The molecule has 2 aromatic rings. The van der Waals surface area contributed by atoms with Crippen LogP contribution in [0.15, 0.2) is 60.7 Å². The van der Waals surface area contributed by atoms with E-state index in [4.69, 9.17) is 9.57 Å². The van der Waals surface area contributed by atoms with Gasteiger partial charge in [-0.15, -0.1) is 5.06 Å². The molecule has 0 spiro atoms. The highest BCUT2D eigenvalue weighted by molar-refractivity contribution is 7.98. The number of alkyl carbamates (subject to hydrolysis) is 1. The second-order valence-corrected chi connectivity index (χ2v) is 14.2. The summed E-state index contributed by atoms with van der Waals surface area (Å²) in [7, 11) is 0. The molecule has 1 saturated heterocycles. The highest BCUT2D eigenvalue weighted by atomic mass is 32.2. The van der Waals surface area contributed by atoms with Crippen molar-refractivity contribution in [3.05, 3.63) is 71.8 Å². The lowest BCUT2D eigenvalue weighted by atomic mass is 10.0. The molecule has 0 unspecified atom stereocenters. The van der Waals surface area contributed by atoms with Gasteiger partial charge in [-0.1, -0.05) is 74.5 Å². The number of rotatable bonds is 23. The minimum Gasteiger partial charge on any atom is -0.445 e. The number of imide groups is 1. The molecule has 1 aliphatic heterocycles. The van der Waals surface area contributed by atoms with Crippen molar-refractivity contribution in [3.8, 4) is 0 Å². The molecular formula is C38H50N6O10S. The molecular weight excluding hydrogens is 733 g/mol. The summed E-state index contributed by atoms with van der Waals surface area (Å²) < 4.78 is 5.24. The van der Waals surface area contributed by atoms with Gasteiger partial charge in [0.2, 0.25) is 24.1 Å². The zero-order valence-electron chi connectivity index (χ0n) is 31.2. The van der Waals surface area contributed by atoms with Crippen LogP contribution in [0.2, 0.25) is 0 Å². The fraction of sp³-hybridized carbons (Fsp3) is 0.474. The summed E-state index contributed by atoms with van der Waals surface area (Å²) in [4.78, 5) is 107. The normalized spacial score (nSPS) is 14.6. The van der Waals surface area contributed by atoms with Crippen LogP contribution >= 0.6 is 11.8 Å². The lowest BCUT2D eigenvalue weighted by Gasteiger charge is -2.26. The first-order valence-corrected chi connectivity index (χ1v) is 19.5. The molecule has 0 aliphatic carbocycles. The van der Waals surface area contributed by atoms with Crippen LogP contribution in [0.5, 0.6) is 0 Å². The van der Waals surface area contributed by atoms with Gasteiger partial charge in [0, 0.05) is 25.8 Å². The fourth-order valence-electron chi connectivity index (χ4n) is 5.52. The monoisotopic (exact) mass is 782 g/mol. The third-order valence-electron chi connectivity index (χ3n) is 8.40. The molecule has 3 rings (SSSR count). The van der Waals surface area contributed by atoms with Crippen molar-refractivity contribution in [1.29, 1.82) is 0 Å². The number of ether oxygens (including phenoxy) is 1. The zero-order chi connectivity index (χ0) is 40.2. The van der Waals surface area contributed by atoms with Crippen molar-refractivity contribution < 1.29 is 47.9 Å². The van der Waals surface area contributed by atoms with Crippen molar-refractivity contribution in [2.24, 2.45) is 5.92 Å². The molecule has 1 aliphatic rings. The Balaban J connectivity index is 1.68. The molecule has 0 saturated carbocycles. The second-order valence-electron chi connectivity index (χ2n) is 13.2. The summed E-state index contributed by atoms with van der Waals surface area (Å²) in [5, 5.41) is 13.6. The van der Waals surface area contributed by atoms with E-state index >= 15 is 0 Å². The van der Waals surface area contributed by atoms with Crippen LogP contribution in [0.25, 0.3) is 0 Å². The number of thioether (sulfide) groups is 1. The molecule has 1 heterocycles.